The SMILES string of the molecule is O=C(Cn1cccn1)c1ccc[nH]1. The van der Waals surface area contributed by atoms with Gasteiger partial charge in [0.1, 0.15) is 6.54 Å². The zero-order chi connectivity index (χ0) is 9.10. The molecule has 1 N–H and O–H groups in total. The zero-order valence-corrected chi connectivity index (χ0v) is 6.97. The zero-order valence-electron chi connectivity index (χ0n) is 6.97. The number of rotatable bonds is 3. The van der Waals surface area contributed by atoms with Crippen molar-refractivity contribution in [3.05, 3.63) is 42.5 Å². The van der Waals surface area contributed by atoms with Gasteiger partial charge in [-0.05, 0) is 18.2 Å². The highest BCUT2D eigenvalue weighted by atomic mass is 16.1. The molecule has 13 heavy (non-hydrogen) atoms. The summed E-state index contributed by atoms with van der Waals surface area (Å²) in [6, 6.07) is 5.35. The molecule has 0 spiro atoms. The monoisotopic (exact) mass is 175 g/mol. The van der Waals surface area contributed by atoms with Gasteiger partial charge in [0.05, 0.1) is 5.69 Å². The third-order valence-electron chi connectivity index (χ3n) is 1.76. The van der Waals surface area contributed by atoms with Gasteiger partial charge in [-0.2, -0.15) is 5.10 Å². The van der Waals surface area contributed by atoms with E-state index in [9.17, 15) is 4.79 Å². The van der Waals surface area contributed by atoms with E-state index < -0.39 is 0 Å². The highest BCUT2D eigenvalue weighted by molar-refractivity contribution is 5.94. The van der Waals surface area contributed by atoms with Crippen molar-refractivity contribution in [2.45, 2.75) is 6.54 Å². The molecule has 0 aliphatic heterocycles. The molecule has 2 aromatic rings. The third-order valence-corrected chi connectivity index (χ3v) is 1.76. The lowest BCUT2D eigenvalue weighted by atomic mass is 10.3. The number of carbonyl (C=O) groups excluding carboxylic acids is 1. The van der Waals surface area contributed by atoms with Crippen molar-refractivity contribution in [3.63, 3.8) is 0 Å². The lowest BCUT2D eigenvalue weighted by Gasteiger charge is -1.97. The molecule has 2 heterocycles. The number of Topliss-reactive ketones (excluding diaryl/α,β-unsaturated/α-hetero) is 1. The summed E-state index contributed by atoms with van der Waals surface area (Å²) in [6.07, 6.45) is 5.15. The maximum atomic E-state index is 11.5. The molecule has 2 rings (SSSR count). The molecule has 0 saturated carbocycles. The van der Waals surface area contributed by atoms with Gasteiger partial charge in [-0.25, -0.2) is 0 Å². The number of H-pyrrole nitrogens is 1. The van der Waals surface area contributed by atoms with Gasteiger partial charge < -0.3 is 4.98 Å². The topological polar surface area (TPSA) is 50.7 Å². The predicted molar refractivity (Wildman–Crippen MR) is 47.4 cm³/mol. The second kappa shape index (κ2) is 3.26. The molecule has 66 valence electrons. The van der Waals surface area contributed by atoms with E-state index >= 15 is 0 Å². The molecule has 4 nitrogen and oxygen atoms in total. The van der Waals surface area contributed by atoms with E-state index in [2.05, 4.69) is 10.1 Å². The summed E-state index contributed by atoms with van der Waals surface area (Å²) in [5.41, 5.74) is 0.621. The Morgan fingerprint density at radius 1 is 1.54 bits per heavy atom. The van der Waals surface area contributed by atoms with Gasteiger partial charge in [-0.1, -0.05) is 0 Å². The summed E-state index contributed by atoms with van der Waals surface area (Å²) in [4.78, 5) is 14.3. The first-order chi connectivity index (χ1) is 6.36. The number of nitrogens with one attached hydrogen (secondary N) is 1. The average molecular weight is 175 g/mol. The number of aromatic amines is 1. The fourth-order valence-electron chi connectivity index (χ4n) is 1.13. The summed E-state index contributed by atoms with van der Waals surface area (Å²) in [7, 11) is 0. The van der Waals surface area contributed by atoms with Crippen LogP contribution in [0, 0.1) is 0 Å². The standard InChI is InChI=1S/C9H9N3O/c13-9(8-3-1-4-10-8)7-12-6-2-5-11-12/h1-6,10H,7H2. The van der Waals surface area contributed by atoms with Gasteiger partial charge in [0.2, 0.25) is 0 Å². The molecule has 0 radical (unpaired) electrons. The van der Waals surface area contributed by atoms with Crippen molar-refractivity contribution >= 4 is 5.78 Å². The summed E-state index contributed by atoms with van der Waals surface area (Å²) in [6.45, 7) is 0.285. The fourth-order valence-corrected chi connectivity index (χ4v) is 1.13. The predicted octanol–water partition coefficient (Wildman–Crippen LogP) is 1.09. The minimum absolute atomic E-state index is 0.0358. The lowest BCUT2D eigenvalue weighted by molar-refractivity contribution is 0.0963. The van der Waals surface area contributed by atoms with Gasteiger partial charge in [0.15, 0.2) is 5.78 Å². The number of ketones is 1. The molecule has 0 aliphatic carbocycles. The van der Waals surface area contributed by atoms with Gasteiger partial charge in [-0.3, -0.25) is 9.48 Å². The van der Waals surface area contributed by atoms with Crippen LogP contribution in [0.1, 0.15) is 10.5 Å². The van der Waals surface area contributed by atoms with E-state index in [0.717, 1.165) is 0 Å². The van der Waals surface area contributed by atoms with Crippen LogP contribution in [0.5, 0.6) is 0 Å². The number of aromatic nitrogens is 3. The first-order valence-electron chi connectivity index (χ1n) is 4.00. The summed E-state index contributed by atoms with van der Waals surface area (Å²) in [5.74, 6) is 0.0358. The number of nitrogens with zero attached hydrogens (tertiary/aromatic N) is 2. The van der Waals surface area contributed by atoms with Crippen LogP contribution in [0.25, 0.3) is 0 Å². The minimum Gasteiger partial charge on any atom is -0.359 e. The molecular weight excluding hydrogens is 166 g/mol. The van der Waals surface area contributed by atoms with E-state index in [1.165, 1.54) is 0 Å². The normalized spacial score (nSPS) is 10.2. The van der Waals surface area contributed by atoms with Crippen LogP contribution in [0.4, 0.5) is 0 Å². The Kier molecular flexibility index (Phi) is 1.96. The van der Waals surface area contributed by atoms with Gasteiger partial charge in [-0.15, -0.1) is 0 Å². The van der Waals surface area contributed by atoms with Gasteiger partial charge >= 0.3 is 0 Å². The Bertz CT molecular complexity index is 375. The molecule has 2 aromatic heterocycles. The first kappa shape index (κ1) is 7.79. The Balaban J connectivity index is 2.08. The number of hydrogen-bond donors (Lipinski definition) is 1. The second-order valence-corrected chi connectivity index (χ2v) is 2.71. The minimum atomic E-state index is 0.0358. The van der Waals surface area contributed by atoms with Crippen molar-refractivity contribution in [1.82, 2.24) is 14.8 Å². The molecular formula is C9H9N3O. The molecule has 4 heteroatoms. The number of carbonyl (C=O) groups is 1. The van der Waals surface area contributed by atoms with Crippen LogP contribution in [0.2, 0.25) is 0 Å². The van der Waals surface area contributed by atoms with Crippen molar-refractivity contribution < 1.29 is 4.79 Å². The summed E-state index contributed by atoms with van der Waals surface area (Å²) >= 11 is 0. The molecule has 0 aliphatic rings. The molecule has 0 amide bonds. The van der Waals surface area contributed by atoms with Crippen LogP contribution in [-0.2, 0) is 6.54 Å². The summed E-state index contributed by atoms with van der Waals surface area (Å²) < 4.78 is 1.60. The van der Waals surface area contributed by atoms with E-state index in [1.54, 1.807) is 41.5 Å². The van der Waals surface area contributed by atoms with Crippen molar-refractivity contribution in [1.29, 1.82) is 0 Å². The molecule has 0 saturated heterocycles. The summed E-state index contributed by atoms with van der Waals surface area (Å²) in [5, 5.41) is 3.95. The van der Waals surface area contributed by atoms with E-state index in [0.29, 0.717) is 5.69 Å². The molecule has 0 bridgehead atoms. The lowest BCUT2D eigenvalue weighted by Crippen LogP contribution is -2.10. The largest absolute Gasteiger partial charge is 0.359 e. The highest BCUT2D eigenvalue weighted by Gasteiger charge is 2.06. The van der Waals surface area contributed by atoms with Gasteiger partial charge in [0, 0.05) is 18.6 Å². The Hall–Kier alpha value is -1.84. The Labute approximate surface area is 75.2 Å². The molecule has 0 atom stereocenters. The van der Waals surface area contributed by atoms with Crippen molar-refractivity contribution in [3.8, 4) is 0 Å². The fraction of sp³-hybridized carbons (Fsp3) is 0.111. The van der Waals surface area contributed by atoms with Crippen LogP contribution in [0.15, 0.2) is 36.8 Å². The molecule has 0 aromatic carbocycles. The van der Waals surface area contributed by atoms with Crippen LogP contribution in [-0.4, -0.2) is 20.5 Å². The van der Waals surface area contributed by atoms with Crippen LogP contribution < -0.4 is 0 Å². The van der Waals surface area contributed by atoms with Gasteiger partial charge in [0.25, 0.3) is 0 Å². The molecule has 0 fully saturated rings. The quantitative estimate of drug-likeness (QED) is 0.710. The van der Waals surface area contributed by atoms with Crippen LogP contribution >= 0.6 is 0 Å². The highest BCUT2D eigenvalue weighted by Crippen LogP contribution is 1.98. The van der Waals surface area contributed by atoms with Crippen molar-refractivity contribution in [2.24, 2.45) is 0 Å². The second-order valence-electron chi connectivity index (χ2n) is 2.71. The Morgan fingerprint density at radius 2 is 2.46 bits per heavy atom. The smallest absolute Gasteiger partial charge is 0.200 e. The maximum absolute atomic E-state index is 11.5. The molecule has 0 unspecified atom stereocenters. The maximum Gasteiger partial charge on any atom is 0.200 e. The Morgan fingerprint density at radius 3 is 3.08 bits per heavy atom. The van der Waals surface area contributed by atoms with E-state index in [1.807, 2.05) is 0 Å². The van der Waals surface area contributed by atoms with Crippen molar-refractivity contribution in [2.75, 3.05) is 0 Å². The first-order valence-corrected chi connectivity index (χ1v) is 4.00. The van der Waals surface area contributed by atoms with E-state index in [-0.39, 0.29) is 12.3 Å². The number of hydrogen-bond acceptors (Lipinski definition) is 2. The van der Waals surface area contributed by atoms with Crippen LogP contribution in [0.3, 0.4) is 0 Å². The average Bonchev–Trinajstić information content (AvgIpc) is 2.74. The third kappa shape index (κ3) is 1.66. The van der Waals surface area contributed by atoms with E-state index in [4.69, 9.17) is 0 Å².